The van der Waals surface area contributed by atoms with Crippen molar-refractivity contribution in [3.05, 3.63) is 114 Å². The first kappa shape index (κ1) is 32.4. The molecule has 3 aromatic carbocycles. The highest BCUT2D eigenvalue weighted by atomic mass is 32.2. The number of hydrogen-bond donors (Lipinski definition) is 2. The van der Waals surface area contributed by atoms with Gasteiger partial charge in [-0.2, -0.15) is 21.4 Å². The fourth-order valence-electron chi connectivity index (χ4n) is 5.81. The number of benzene rings is 3. The Kier molecular flexibility index (Phi) is 9.45. The van der Waals surface area contributed by atoms with Gasteiger partial charge >= 0.3 is 5.89 Å². The maximum absolute atomic E-state index is 11.4. The lowest BCUT2D eigenvalue weighted by Crippen LogP contribution is -2.36. The zero-order chi connectivity index (χ0) is 32.2. The minimum atomic E-state index is -4.10. The van der Waals surface area contributed by atoms with E-state index in [2.05, 4.69) is 24.8 Å². The molecule has 1 aromatic heterocycles. The van der Waals surface area contributed by atoms with Crippen molar-refractivity contribution >= 4 is 43.1 Å². The molecular weight excluding hydrogens is 613 g/mol. The van der Waals surface area contributed by atoms with Crippen LogP contribution in [0.3, 0.4) is 0 Å². The monoisotopic (exact) mass is 649 g/mol. The number of para-hydroxylation sites is 1. The summed E-state index contributed by atoms with van der Waals surface area (Å²) in [7, 11) is -8.16. The summed E-state index contributed by atoms with van der Waals surface area (Å²) in [6.07, 6.45) is 9.91. The average Bonchev–Trinajstić information content (AvgIpc) is 3.43. The summed E-state index contributed by atoms with van der Waals surface area (Å²) >= 11 is 0. The van der Waals surface area contributed by atoms with Crippen LogP contribution < -0.4 is 9.47 Å². The number of allylic oxidation sites excluding steroid dienone is 5. The van der Waals surface area contributed by atoms with Gasteiger partial charge in [0.25, 0.3) is 25.8 Å². The lowest BCUT2D eigenvalue weighted by molar-refractivity contribution is -0.677. The first-order valence-electron chi connectivity index (χ1n) is 14.7. The third-order valence-electron chi connectivity index (χ3n) is 7.92. The van der Waals surface area contributed by atoms with Crippen molar-refractivity contribution in [3.63, 3.8) is 0 Å². The molecule has 11 heteroatoms. The first-order valence-corrected chi connectivity index (χ1v) is 17.9. The summed E-state index contributed by atoms with van der Waals surface area (Å²) in [4.78, 5) is 2.10. The van der Waals surface area contributed by atoms with Crippen molar-refractivity contribution in [2.45, 2.75) is 38.6 Å². The lowest BCUT2D eigenvalue weighted by Gasteiger charge is -2.26. The molecule has 0 unspecified atom stereocenters. The molecule has 0 fully saturated rings. The SMILES string of the molecule is CC1(C)C(=CC=CC=Cc2oc3ccc(-c4ccccc4)cc3[n+]2CCCS(=O)(=O)O)N(CCCS(=O)(=O)O)c2ccccc21. The quantitative estimate of drug-likeness (QED) is 0.106. The number of nitrogens with zero attached hydrogens (tertiary/aromatic N) is 2. The summed E-state index contributed by atoms with van der Waals surface area (Å²) in [5.41, 5.74) is 6.32. The molecule has 0 atom stereocenters. The third-order valence-corrected chi connectivity index (χ3v) is 9.53. The molecule has 2 N–H and O–H groups in total. The third kappa shape index (κ3) is 7.80. The second kappa shape index (κ2) is 13.1. The van der Waals surface area contributed by atoms with Gasteiger partial charge in [-0.15, -0.1) is 0 Å². The molecule has 1 aliphatic heterocycles. The van der Waals surface area contributed by atoms with Crippen LogP contribution in [0.4, 0.5) is 5.69 Å². The van der Waals surface area contributed by atoms with Crippen molar-refractivity contribution in [2.24, 2.45) is 0 Å². The molecule has 0 saturated heterocycles. The van der Waals surface area contributed by atoms with E-state index in [1.54, 1.807) is 0 Å². The maximum atomic E-state index is 11.4. The number of rotatable bonds is 12. The molecular formula is C34H37N2O7S2+. The van der Waals surface area contributed by atoms with Crippen molar-refractivity contribution < 1.29 is 34.9 Å². The summed E-state index contributed by atoms with van der Waals surface area (Å²) in [6.45, 7) is 5.00. The van der Waals surface area contributed by atoms with Crippen LogP contribution in [0.5, 0.6) is 0 Å². The summed E-state index contributed by atoms with van der Waals surface area (Å²) in [5.74, 6) is -0.143. The van der Waals surface area contributed by atoms with Gasteiger partial charge in [-0.3, -0.25) is 9.11 Å². The predicted molar refractivity (Wildman–Crippen MR) is 177 cm³/mol. The highest BCUT2D eigenvalue weighted by Crippen LogP contribution is 2.47. The van der Waals surface area contributed by atoms with E-state index in [1.165, 1.54) is 0 Å². The van der Waals surface area contributed by atoms with E-state index in [9.17, 15) is 25.9 Å². The van der Waals surface area contributed by atoms with Crippen LogP contribution in [0, 0.1) is 0 Å². The van der Waals surface area contributed by atoms with Crippen LogP contribution in [-0.2, 0) is 32.2 Å². The molecule has 4 aromatic rings. The minimum absolute atomic E-state index is 0.208. The van der Waals surface area contributed by atoms with Gasteiger partial charge < -0.3 is 9.32 Å². The van der Waals surface area contributed by atoms with E-state index >= 15 is 0 Å². The van der Waals surface area contributed by atoms with Crippen molar-refractivity contribution in [1.29, 1.82) is 0 Å². The fourth-order valence-corrected chi connectivity index (χ4v) is 6.79. The molecule has 5 rings (SSSR count). The fraction of sp³-hybridized carbons (Fsp3) is 0.265. The number of anilines is 1. The number of hydrogen-bond acceptors (Lipinski definition) is 6. The molecule has 0 spiro atoms. The predicted octanol–water partition coefficient (Wildman–Crippen LogP) is 6.19. The Labute approximate surface area is 264 Å². The van der Waals surface area contributed by atoms with Gasteiger partial charge in [0.1, 0.15) is 0 Å². The zero-order valence-corrected chi connectivity index (χ0v) is 26.8. The molecule has 0 aliphatic carbocycles. The van der Waals surface area contributed by atoms with Crippen LogP contribution >= 0.6 is 0 Å². The Bertz CT molecular complexity index is 1990. The summed E-state index contributed by atoms with van der Waals surface area (Å²) in [5, 5.41) is 0. The molecule has 9 nitrogen and oxygen atoms in total. The van der Waals surface area contributed by atoms with Gasteiger partial charge in [0.05, 0.1) is 17.6 Å². The van der Waals surface area contributed by atoms with E-state index < -0.39 is 20.2 Å². The first-order chi connectivity index (χ1) is 21.3. The van der Waals surface area contributed by atoms with Gasteiger partial charge in [0, 0.05) is 35.8 Å². The lowest BCUT2D eigenvalue weighted by atomic mass is 9.84. The van der Waals surface area contributed by atoms with Crippen molar-refractivity contribution in [2.75, 3.05) is 23.0 Å². The van der Waals surface area contributed by atoms with E-state index in [4.69, 9.17) is 4.42 Å². The Morgan fingerprint density at radius 3 is 2.24 bits per heavy atom. The Balaban J connectivity index is 1.42. The average molecular weight is 650 g/mol. The molecule has 1 aliphatic rings. The standard InChI is InChI=1S/C34H36N2O7S2/c1-34(2)28-15-9-10-16-29(28)35(21-11-23-44(37,38)39)32(34)17-7-4-8-18-33-36(22-12-24-45(40,41)42)30-25-27(19-20-31(30)43-33)26-13-5-3-6-14-26/h3-10,13-20,25H,11-12,21-24H2,1-2H3,(H-,37,38,39,40,41,42)/p+1. The highest BCUT2D eigenvalue weighted by Gasteiger charge is 2.39. The molecule has 0 bridgehead atoms. The smallest absolute Gasteiger partial charge is 0.374 e. The van der Waals surface area contributed by atoms with Crippen molar-refractivity contribution in [3.8, 4) is 11.1 Å². The molecule has 0 amide bonds. The molecule has 45 heavy (non-hydrogen) atoms. The van der Waals surface area contributed by atoms with Crippen LogP contribution in [0.25, 0.3) is 28.3 Å². The van der Waals surface area contributed by atoms with Crippen LogP contribution in [-0.4, -0.2) is 44.0 Å². The van der Waals surface area contributed by atoms with Gasteiger partial charge in [-0.1, -0.05) is 86.7 Å². The minimum Gasteiger partial charge on any atom is -0.398 e. The van der Waals surface area contributed by atoms with E-state index in [1.807, 2.05) is 102 Å². The Morgan fingerprint density at radius 2 is 1.51 bits per heavy atom. The number of fused-ring (bicyclic) bond motifs is 2. The van der Waals surface area contributed by atoms with Gasteiger partial charge in [0.15, 0.2) is 6.54 Å². The van der Waals surface area contributed by atoms with Gasteiger partial charge in [-0.05, 0) is 41.3 Å². The maximum Gasteiger partial charge on any atom is 0.374 e. The molecule has 0 saturated carbocycles. The van der Waals surface area contributed by atoms with E-state index in [0.717, 1.165) is 33.6 Å². The second-order valence-corrected chi connectivity index (χ2v) is 14.7. The number of aryl methyl sites for hydroxylation is 1. The summed E-state index contributed by atoms with van der Waals surface area (Å²) < 4.78 is 72.1. The molecule has 0 radical (unpaired) electrons. The Hall–Kier alpha value is -4.03. The number of oxazole rings is 1. The zero-order valence-electron chi connectivity index (χ0n) is 25.2. The van der Waals surface area contributed by atoms with Gasteiger partial charge in [0.2, 0.25) is 5.58 Å². The van der Waals surface area contributed by atoms with Crippen LogP contribution in [0.2, 0.25) is 0 Å². The normalized spacial score (nSPS) is 16.0. The topological polar surface area (TPSA) is 129 Å². The number of aromatic nitrogens is 1. The molecule has 2 heterocycles. The highest BCUT2D eigenvalue weighted by molar-refractivity contribution is 7.86. The molecule has 236 valence electrons. The van der Waals surface area contributed by atoms with Crippen LogP contribution in [0.1, 0.15) is 38.1 Å². The Morgan fingerprint density at radius 1 is 0.822 bits per heavy atom. The van der Waals surface area contributed by atoms with Gasteiger partial charge in [-0.25, -0.2) is 0 Å². The van der Waals surface area contributed by atoms with Crippen LogP contribution in [0.15, 0.2) is 107 Å². The summed E-state index contributed by atoms with van der Waals surface area (Å²) in [6, 6.07) is 23.8. The largest absolute Gasteiger partial charge is 0.398 e. The van der Waals surface area contributed by atoms with E-state index in [0.29, 0.717) is 24.6 Å². The van der Waals surface area contributed by atoms with Crippen molar-refractivity contribution in [1.82, 2.24) is 0 Å². The van der Waals surface area contributed by atoms with E-state index in [-0.39, 0.29) is 29.8 Å². The second-order valence-electron chi connectivity index (χ2n) is 11.5.